The molecule has 1 heterocycles. The van der Waals surface area contributed by atoms with E-state index < -0.39 is 17.9 Å². The molecule has 0 saturated carbocycles. The lowest BCUT2D eigenvalue weighted by Crippen LogP contribution is -2.47. The fourth-order valence-electron chi connectivity index (χ4n) is 1.93. The Balaban J connectivity index is 3.14. The number of carbonyl (C=O) groups is 3. The summed E-state index contributed by atoms with van der Waals surface area (Å²) >= 11 is 0. The van der Waals surface area contributed by atoms with Crippen LogP contribution in [0.4, 0.5) is 0 Å². The predicted octanol–water partition coefficient (Wildman–Crippen LogP) is 0.939. The molecule has 1 unspecified atom stereocenters. The zero-order valence-electron chi connectivity index (χ0n) is 11.4. The molecule has 1 rings (SSSR count). The molecule has 0 aromatic carbocycles. The Labute approximate surface area is 112 Å². The molecule has 0 aliphatic carbocycles. The third-order valence-corrected chi connectivity index (χ3v) is 2.88. The number of likely N-dealkylation sites (tertiary alicyclic amines) is 1. The SMILES string of the molecule is C=C/C=C1/C(=O)N(C(C)C(=O)NCC)C(=O)/C1=C/C. The molecule has 1 aliphatic rings. The maximum Gasteiger partial charge on any atom is 0.262 e. The first-order valence-electron chi connectivity index (χ1n) is 6.14. The molecule has 5 heteroatoms. The number of allylic oxidation sites excluding steroid dienone is 3. The number of hydrogen-bond donors (Lipinski definition) is 1. The van der Waals surface area contributed by atoms with Crippen LogP contribution >= 0.6 is 0 Å². The van der Waals surface area contributed by atoms with Crippen LogP contribution in [0.15, 0.2) is 36.0 Å². The van der Waals surface area contributed by atoms with E-state index in [1.807, 2.05) is 0 Å². The minimum Gasteiger partial charge on any atom is -0.355 e. The van der Waals surface area contributed by atoms with Crippen LogP contribution in [0.5, 0.6) is 0 Å². The first kappa shape index (κ1) is 14.9. The van der Waals surface area contributed by atoms with Crippen molar-refractivity contribution in [2.75, 3.05) is 6.54 Å². The van der Waals surface area contributed by atoms with E-state index in [0.29, 0.717) is 12.1 Å². The third-order valence-electron chi connectivity index (χ3n) is 2.88. The third kappa shape index (κ3) is 2.65. The lowest BCUT2D eigenvalue weighted by molar-refractivity contribution is -0.144. The summed E-state index contributed by atoms with van der Waals surface area (Å²) in [5, 5.41) is 2.60. The summed E-state index contributed by atoms with van der Waals surface area (Å²) in [6, 6.07) is -0.828. The highest BCUT2D eigenvalue weighted by molar-refractivity contribution is 6.25. The summed E-state index contributed by atoms with van der Waals surface area (Å²) in [5.74, 6) is -1.25. The van der Waals surface area contributed by atoms with Crippen molar-refractivity contribution in [3.05, 3.63) is 36.0 Å². The summed E-state index contributed by atoms with van der Waals surface area (Å²) in [5.41, 5.74) is 0.583. The van der Waals surface area contributed by atoms with Crippen LogP contribution in [0.3, 0.4) is 0 Å². The molecular formula is C14H18N2O3. The molecule has 0 aromatic rings. The Morgan fingerprint density at radius 3 is 2.42 bits per heavy atom. The van der Waals surface area contributed by atoms with Gasteiger partial charge in [-0.05, 0) is 26.8 Å². The predicted molar refractivity (Wildman–Crippen MR) is 72.0 cm³/mol. The van der Waals surface area contributed by atoms with Gasteiger partial charge < -0.3 is 5.32 Å². The van der Waals surface area contributed by atoms with Crippen LogP contribution in [-0.4, -0.2) is 35.2 Å². The fraction of sp³-hybridized carbons (Fsp3) is 0.357. The molecule has 5 nitrogen and oxygen atoms in total. The molecule has 0 aromatic heterocycles. The zero-order chi connectivity index (χ0) is 14.6. The van der Waals surface area contributed by atoms with E-state index in [1.165, 1.54) is 19.1 Å². The molecule has 0 radical (unpaired) electrons. The van der Waals surface area contributed by atoms with Gasteiger partial charge >= 0.3 is 0 Å². The van der Waals surface area contributed by atoms with E-state index in [0.717, 1.165) is 4.90 Å². The first-order valence-corrected chi connectivity index (χ1v) is 6.14. The highest BCUT2D eigenvalue weighted by Gasteiger charge is 2.42. The number of imide groups is 1. The summed E-state index contributed by atoms with van der Waals surface area (Å²) in [4.78, 5) is 37.1. The van der Waals surface area contributed by atoms with Gasteiger partial charge in [-0.2, -0.15) is 0 Å². The monoisotopic (exact) mass is 262 g/mol. The molecular weight excluding hydrogens is 244 g/mol. The lowest BCUT2D eigenvalue weighted by Gasteiger charge is -2.20. The Kier molecular flexibility index (Phi) is 4.80. The normalized spacial score (nSPS) is 21.1. The van der Waals surface area contributed by atoms with Gasteiger partial charge in [-0.1, -0.05) is 18.7 Å². The number of rotatable bonds is 4. The smallest absolute Gasteiger partial charge is 0.262 e. The van der Waals surface area contributed by atoms with E-state index in [4.69, 9.17) is 0 Å². The molecule has 1 saturated heterocycles. The second-order valence-corrected chi connectivity index (χ2v) is 4.07. The van der Waals surface area contributed by atoms with Gasteiger partial charge in [0.15, 0.2) is 0 Å². The molecule has 0 bridgehead atoms. The van der Waals surface area contributed by atoms with Gasteiger partial charge in [0, 0.05) is 12.1 Å². The van der Waals surface area contributed by atoms with E-state index in [2.05, 4.69) is 11.9 Å². The van der Waals surface area contributed by atoms with Crippen molar-refractivity contribution >= 4 is 17.7 Å². The average molecular weight is 262 g/mol. The molecule has 0 spiro atoms. The Bertz CT molecular complexity index is 489. The standard InChI is InChI=1S/C14H18N2O3/c1-5-8-11-10(6-2)13(18)16(14(11)19)9(4)12(17)15-7-3/h5-6,8-9H,1,7H2,2-4H3,(H,15,17)/b10-6+,11-8+. The first-order chi connectivity index (χ1) is 8.99. The molecule has 19 heavy (non-hydrogen) atoms. The lowest BCUT2D eigenvalue weighted by atomic mass is 10.1. The van der Waals surface area contributed by atoms with Gasteiger partial charge in [0.2, 0.25) is 5.91 Å². The summed E-state index contributed by atoms with van der Waals surface area (Å²) in [7, 11) is 0. The highest BCUT2D eigenvalue weighted by atomic mass is 16.2. The second-order valence-electron chi connectivity index (χ2n) is 4.07. The molecule has 102 valence electrons. The van der Waals surface area contributed by atoms with Gasteiger partial charge in [-0.25, -0.2) is 0 Å². The van der Waals surface area contributed by atoms with Crippen molar-refractivity contribution in [2.24, 2.45) is 0 Å². The van der Waals surface area contributed by atoms with Crippen LogP contribution in [0, 0.1) is 0 Å². The minimum atomic E-state index is -0.828. The minimum absolute atomic E-state index is 0.277. The number of hydrogen-bond acceptors (Lipinski definition) is 3. The second kappa shape index (κ2) is 6.13. The van der Waals surface area contributed by atoms with Crippen molar-refractivity contribution < 1.29 is 14.4 Å². The largest absolute Gasteiger partial charge is 0.355 e. The van der Waals surface area contributed by atoms with Crippen LogP contribution in [0.1, 0.15) is 20.8 Å². The van der Waals surface area contributed by atoms with Crippen molar-refractivity contribution in [1.82, 2.24) is 10.2 Å². The molecule has 1 aliphatic heterocycles. The van der Waals surface area contributed by atoms with E-state index in [1.54, 1.807) is 19.9 Å². The number of nitrogens with one attached hydrogen (secondary N) is 1. The Morgan fingerprint density at radius 2 is 1.95 bits per heavy atom. The average Bonchev–Trinajstić information content (AvgIpc) is 2.61. The summed E-state index contributed by atoms with van der Waals surface area (Å²) < 4.78 is 0. The maximum atomic E-state index is 12.2. The van der Waals surface area contributed by atoms with Crippen molar-refractivity contribution in [1.29, 1.82) is 0 Å². The topological polar surface area (TPSA) is 66.5 Å². The number of carbonyl (C=O) groups excluding carboxylic acids is 3. The van der Waals surface area contributed by atoms with Crippen LogP contribution in [-0.2, 0) is 14.4 Å². The van der Waals surface area contributed by atoms with E-state index in [9.17, 15) is 14.4 Å². The van der Waals surface area contributed by atoms with Crippen molar-refractivity contribution in [2.45, 2.75) is 26.8 Å². The number of likely N-dealkylation sites (N-methyl/N-ethyl adjacent to an activating group) is 1. The van der Waals surface area contributed by atoms with Crippen molar-refractivity contribution in [3.8, 4) is 0 Å². The quantitative estimate of drug-likeness (QED) is 0.605. The van der Waals surface area contributed by atoms with Gasteiger partial charge in [-0.15, -0.1) is 0 Å². The fourth-order valence-corrected chi connectivity index (χ4v) is 1.93. The van der Waals surface area contributed by atoms with Crippen LogP contribution < -0.4 is 5.32 Å². The number of amides is 3. The van der Waals surface area contributed by atoms with Gasteiger partial charge in [0.25, 0.3) is 11.8 Å². The Hall–Kier alpha value is -2.17. The zero-order valence-corrected chi connectivity index (χ0v) is 11.4. The molecule has 1 fully saturated rings. The Morgan fingerprint density at radius 1 is 1.37 bits per heavy atom. The van der Waals surface area contributed by atoms with Crippen molar-refractivity contribution in [3.63, 3.8) is 0 Å². The van der Waals surface area contributed by atoms with Crippen LogP contribution in [0.25, 0.3) is 0 Å². The van der Waals surface area contributed by atoms with Gasteiger partial charge in [0.1, 0.15) is 6.04 Å². The van der Waals surface area contributed by atoms with Crippen LogP contribution in [0.2, 0.25) is 0 Å². The van der Waals surface area contributed by atoms with Gasteiger partial charge in [0.05, 0.1) is 5.57 Å². The molecule has 3 amide bonds. The highest BCUT2D eigenvalue weighted by Crippen LogP contribution is 2.26. The van der Waals surface area contributed by atoms with Gasteiger partial charge in [-0.3, -0.25) is 19.3 Å². The maximum absolute atomic E-state index is 12.2. The van der Waals surface area contributed by atoms with E-state index >= 15 is 0 Å². The van der Waals surface area contributed by atoms with E-state index in [-0.39, 0.29) is 11.5 Å². The summed E-state index contributed by atoms with van der Waals surface area (Å²) in [6.45, 7) is 8.96. The molecule has 1 atom stereocenters. The number of nitrogens with zero attached hydrogens (tertiary/aromatic N) is 1. The summed E-state index contributed by atoms with van der Waals surface area (Å²) in [6.07, 6.45) is 4.50. The molecule has 1 N–H and O–H groups in total.